The van der Waals surface area contributed by atoms with Crippen molar-refractivity contribution in [2.45, 2.75) is 424 Å². The van der Waals surface area contributed by atoms with Gasteiger partial charge in [-0.15, -0.1) is 0 Å². The first-order valence-electron chi connectivity index (χ1n) is 42.0. The summed E-state index contributed by atoms with van der Waals surface area (Å²) in [6.07, 6.45) is 74.6. The zero-order valence-corrected chi connectivity index (χ0v) is 72.6. The Kier molecular flexibility index (Phi) is 95.9. The molecule has 8 heteroatoms. The Morgan fingerprint density at radius 3 is 0.351 bits per heavy atom. The van der Waals surface area contributed by atoms with E-state index in [9.17, 15) is 0 Å². The summed E-state index contributed by atoms with van der Waals surface area (Å²) in [5.41, 5.74) is 0. The van der Waals surface area contributed by atoms with Crippen molar-refractivity contribution < 1.29 is 67.6 Å². The summed E-state index contributed by atoms with van der Waals surface area (Å²) in [4.78, 5) is 0. The van der Waals surface area contributed by atoms with E-state index < -0.39 is 0 Å². The van der Waals surface area contributed by atoms with E-state index in [1.54, 1.807) is 0 Å². The molecule has 0 atom stereocenters. The van der Waals surface area contributed by atoms with Crippen LogP contribution in [0.25, 0.3) is 0 Å². The van der Waals surface area contributed by atoms with Crippen molar-refractivity contribution in [2.24, 2.45) is 29.6 Å². The zero-order chi connectivity index (χ0) is 68.3. The van der Waals surface area contributed by atoms with Gasteiger partial charge in [0, 0.05) is 0 Å². The third-order valence-corrected chi connectivity index (χ3v) is 20.1. The molecule has 0 aliphatic heterocycles. The molecule has 94 heavy (non-hydrogen) atoms. The quantitative estimate of drug-likeness (QED) is 0.0421. The molecule has 580 valence electrons. The summed E-state index contributed by atoms with van der Waals surface area (Å²) >= 11 is 0. The van der Waals surface area contributed by atoms with Gasteiger partial charge in [0.05, 0.1) is 109 Å². The van der Waals surface area contributed by atoms with Crippen LogP contribution < -0.4 is 49.6 Å². The van der Waals surface area contributed by atoms with Gasteiger partial charge in [-0.25, -0.2) is 0 Å². The van der Waals surface area contributed by atoms with Gasteiger partial charge in [-0.1, -0.05) is 321 Å². The van der Waals surface area contributed by atoms with Gasteiger partial charge in [0.2, 0.25) is 0 Å². The monoisotopic (exact) mass is 1420 g/mol. The van der Waals surface area contributed by atoms with E-state index in [2.05, 4.69) is 146 Å². The predicted octanol–water partition coefficient (Wildman–Crippen LogP) is 15.9. The number of rotatable bonds is 65. The maximum absolute atomic E-state index is 2.43. The molecule has 0 saturated carbocycles. The number of hydrogen-bond donors (Lipinski definition) is 0. The first-order valence-corrected chi connectivity index (χ1v) is 42.0. The average Bonchev–Trinajstić information content (AvgIpc) is 2.58. The third-order valence-electron chi connectivity index (χ3n) is 20.1. The van der Waals surface area contributed by atoms with E-state index >= 15 is 0 Å². The summed E-state index contributed by atoms with van der Waals surface area (Å²) in [5, 5.41) is 0. The van der Waals surface area contributed by atoms with Crippen LogP contribution in [0.3, 0.4) is 0 Å². The molecule has 0 radical (unpaired) electrons. The summed E-state index contributed by atoms with van der Waals surface area (Å²) < 4.78 is 4.95. The topological polar surface area (TPSA) is 0 Å². The minimum absolute atomic E-state index is 0. The van der Waals surface area contributed by atoms with Crippen LogP contribution in [0.2, 0.25) is 0 Å². The van der Waals surface area contributed by atoms with Crippen molar-refractivity contribution in [3.63, 3.8) is 0 Å². The SMILES string of the molecule is CC(C)CCCCCCC[N+](C)(C)CCCCCCCC(C)C.CCCCCCCCCC[N+](C)(C)CCCCCCC(C)C.CCCCCCCCCC[N+](C)(C)CCCCCCCC(C)C.CCCCCCCCC[N+](C)(C)CCCCCCCC(C)C.[Cl-].[Cl-].[Cl-].[Cl-]. The Bertz CT molecular complexity index is 1310. The summed E-state index contributed by atoms with van der Waals surface area (Å²) in [7, 11) is 19.4. The molecule has 0 amide bonds. The first-order chi connectivity index (χ1) is 42.8. The minimum atomic E-state index is 0. The molecule has 0 fully saturated rings. The van der Waals surface area contributed by atoms with Gasteiger partial charge in [0.25, 0.3) is 0 Å². The van der Waals surface area contributed by atoms with Crippen LogP contribution in [0.1, 0.15) is 424 Å². The molecule has 0 rings (SSSR count). The highest BCUT2D eigenvalue weighted by atomic mass is 35.5. The number of quaternary nitrogens is 4. The van der Waals surface area contributed by atoms with Crippen molar-refractivity contribution in [3.05, 3.63) is 0 Å². The Morgan fingerprint density at radius 1 is 0.149 bits per heavy atom. The Hall–Kier alpha value is 1.00. The maximum Gasteiger partial charge on any atom is 0.0782 e. The number of hydrogen-bond acceptors (Lipinski definition) is 0. The molecule has 0 aliphatic carbocycles. The van der Waals surface area contributed by atoms with E-state index in [0.29, 0.717) is 0 Å². The lowest BCUT2D eigenvalue weighted by Crippen LogP contribution is -3.00. The van der Waals surface area contributed by atoms with Gasteiger partial charge < -0.3 is 67.6 Å². The van der Waals surface area contributed by atoms with Gasteiger partial charge in [-0.2, -0.15) is 0 Å². The van der Waals surface area contributed by atoms with Crippen LogP contribution in [0, 0.1) is 29.6 Å². The first kappa shape index (κ1) is 111. The highest BCUT2D eigenvalue weighted by molar-refractivity contribution is 4.56. The Morgan fingerprint density at radius 2 is 0.245 bits per heavy atom. The highest BCUT2D eigenvalue weighted by Gasteiger charge is 2.17. The van der Waals surface area contributed by atoms with Crippen molar-refractivity contribution in [1.82, 2.24) is 0 Å². The van der Waals surface area contributed by atoms with Crippen LogP contribution in [-0.4, -0.2) is 127 Å². The zero-order valence-electron chi connectivity index (χ0n) is 69.6. The van der Waals surface area contributed by atoms with E-state index in [-0.39, 0.29) is 49.6 Å². The molecule has 0 N–H and O–H groups in total. The third kappa shape index (κ3) is 104. The van der Waals surface area contributed by atoms with Gasteiger partial charge in [-0.3, -0.25) is 0 Å². The van der Waals surface area contributed by atoms with Crippen molar-refractivity contribution in [3.8, 4) is 0 Å². The van der Waals surface area contributed by atoms with E-state index in [1.807, 2.05) is 0 Å². The lowest BCUT2D eigenvalue weighted by atomic mass is 10.0. The summed E-state index contributed by atoms with van der Waals surface area (Å²) in [6.45, 7) is 41.3. The second-order valence-electron chi connectivity index (χ2n) is 35.0. The number of halogens is 4. The Labute approximate surface area is 625 Å². The van der Waals surface area contributed by atoms with Gasteiger partial charge in [-0.05, 0) is 132 Å². The van der Waals surface area contributed by atoms with Crippen molar-refractivity contribution >= 4 is 0 Å². The summed E-state index contributed by atoms with van der Waals surface area (Å²) in [6, 6.07) is 0. The van der Waals surface area contributed by atoms with E-state index in [4.69, 9.17) is 0 Å². The molecule has 0 aromatic rings. The normalized spacial score (nSPS) is 11.8. The molecule has 0 spiro atoms. The maximum atomic E-state index is 2.43. The van der Waals surface area contributed by atoms with Gasteiger partial charge in [0.15, 0.2) is 0 Å². The summed E-state index contributed by atoms with van der Waals surface area (Å²) in [5.74, 6) is 4.43. The predicted molar refractivity (Wildman–Crippen MR) is 419 cm³/mol. The van der Waals surface area contributed by atoms with Crippen molar-refractivity contribution in [1.29, 1.82) is 0 Å². The lowest BCUT2D eigenvalue weighted by Gasteiger charge is -2.30. The van der Waals surface area contributed by atoms with Crippen LogP contribution in [0.5, 0.6) is 0 Å². The smallest absolute Gasteiger partial charge is 0.0782 e. The molecule has 0 heterocycles. The van der Waals surface area contributed by atoms with Crippen LogP contribution >= 0.6 is 0 Å². The molecule has 0 bridgehead atoms. The molecular weight excluding hydrogens is 1230 g/mol. The molecular formula is C86H188Cl4N4. The molecule has 4 nitrogen and oxygen atoms in total. The molecule has 0 aromatic carbocycles. The molecule has 0 unspecified atom stereocenters. The second kappa shape index (κ2) is 81.3. The number of unbranched alkanes of at least 4 members (excludes halogenated alkanes) is 39. The van der Waals surface area contributed by atoms with Gasteiger partial charge >= 0.3 is 0 Å². The van der Waals surface area contributed by atoms with E-state index in [1.165, 1.54) is 404 Å². The fourth-order valence-corrected chi connectivity index (χ4v) is 13.2. The standard InChI is InChI=1S/2C22H48N.2C21H46N.4ClH/c1-21(2)17-13-9-7-11-15-19-23(5,6)20-16-12-8-10-14-18-22(3)4;1-6-7-8-9-10-11-14-17-20-23(4,5)21-18-15-12-13-16-19-22(2)3;1-6-7-8-9-10-13-16-19-22(4,5)20-17-14-11-12-15-18-21(2)3;1-6-7-8-9-10-11-13-16-19-22(4,5)20-17-14-12-15-18-21(2)3;;;;/h21-22H,7-20H2,1-6H3;22H,6-21H2,1-5H3;2*21H,6-20H2,1-5H3;4*1H/q4*+1;;;;/p-4. The molecule has 0 aromatic heterocycles. The van der Waals surface area contributed by atoms with Gasteiger partial charge in [0.1, 0.15) is 0 Å². The minimum Gasteiger partial charge on any atom is -1.00 e. The van der Waals surface area contributed by atoms with Crippen LogP contribution in [-0.2, 0) is 0 Å². The highest BCUT2D eigenvalue weighted by Crippen LogP contribution is 2.19. The molecule has 0 saturated heterocycles. The van der Waals surface area contributed by atoms with E-state index in [0.717, 1.165) is 29.6 Å². The fourth-order valence-electron chi connectivity index (χ4n) is 13.2. The average molecular weight is 1420 g/mol. The van der Waals surface area contributed by atoms with Crippen molar-refractivity contribution in [2.75, 3.05) is 109 Å². The Balaban J connectivity index is -0.000000172. The second-order valence-corrected chi connectivity index (χ2v) is 35.0. The largest absolute Gasteiger partial charge is 1.00 e. The molecule has 0 aliphatic rings. The fraction of sp³-hybridized carbons (Fsp3) is 1.00. The van der Waals surface area contributed by atoms with Crippen LogP contribution in [0.15, 0.2) is 0 Å². The number of nitrogens with zero attached hydrogens (tertiary/aromatic N) is 4. The van der Waals surface area contributed by atoms with Crippen LogP contribution in [0.4, 0.5) is 0 Å². The lowest BCUT2D eigenvalue weighted by molar-refractivity contribution is -0.890.